The topological polar surface area (TPSA) is 77.5 Å². The number of nitrogens with zero attached hydrogens (tertiary/aromatic N) is 2. The highest BCUT2D eigenvalue weighted by Gasteiger charge is 2.46. The summed E-state index contributed by atoms with van der Waals surface area (Å²) in [5, 5.41) is 16.4. The lowest BCUT2D eigenvalue weighted by Gasteiger charge is -2.33. The molecule has 0 atom stereocenters. The summed E-state index contributed by atoms with van der Waals surface area (Å²) in [5.74, 6) is -0.327. The molecule has 2 heterocycles. The minimum atomic E-state index is -4.67. The van der Waals surface area contributed by atoms with E-state index in [9.17, 15) is 23.1 Å². The number of pyridine rings is 1. The minimum absolute atomic E-state index is 0.0544. The number of alkyl halides is 3. The number of carbonyl (C=O) groups is 1. The van der Waals surface area contributed by atoms with E-state index in [0.717, 1.165) is 37.3 Å². The molecule has 11 heteroatoms. The summed E-state index contributed by atoms with van der Waals surface area (Å²) in [5.41, 5.74) is 1.36. The number of likely N-dealkylation sites (tertiary alicyclic amines) is 1. The van der Waals surface area contributed by atoms with Crippen LogP contribution in [0.3, 0.4) is 0 Å². The third-order valence-corrected chi connectivity index (χ3v) is 9.33. The Hall–Kier alpha value is -3.21. The number of hydrogen-bond donors (Lipinski definition) is 3. The summed E-state index contributed by atoms with van der Waals surface area (Å²) < 4.78 is 42.0. The van der Waals surface area contributed by atoms with Crippen LogP contribution in [0.2, 0.25) is 10.0 Å². The van der Waals surface area contributed by atoms with Crippen molar-refractivity contribution in [3.63, 3.8) is 0 Å². The van der Waals surface area contributed by atoms with Gasteiger partial charge < -0.3 is 15.7 Å². The average molecular weight is 658 g/mol. The number of nitrogens with one attached hydrogen (secondary N) is 2. The lowest BCUT2D eigenvalue weighted by atomic mass is 9.93. The first kappa shape index (κ1) is 31.8. The van der Waals surface area contributed by atoms with Crippen LogP contribution in [0.4, 0.5) is 13.2 Å². The first-order chi connectivity index (χ1) is 21.6. The van der Waals surface area contributed by atoms with Crippen LogP contribution < -0.4 is 10.6 Å². The number of carbonyl (C=O) groups excluding carboxylic acids is 1. The Kier molecular flexibility index (Phi) is 9.10. The van der Waals surface area contributed by atoms with E-state index in [1.54, 1.807) is 18.2 Å². The predicted molar refractivity (Wildman–Crippen MR) is 170 cm³/mol. The highest BCUT2D eigenvalue weighted by atomic mass is 35.5. The van der Waals surface area contributed by atoms with E-state index in [1.165, 1.54) is 12.1 Å². The molecule has 0 bridgehead atoms. The van der Waals surface area contributed by atoms with Gasteiger partial charge in [-0.3, -0.25) is 9.69 Å². The maximum absolute atomic E-state index is 14.5. The molecule has 0 unspecified atom stereocenters. The number of aromatic nitrogens is 1. The number of halogens is 5. The Balaban J connectivity index is 1.49. The van der Waals surface area contributed by atoms with E-state index in [4.69, 9.17) is 28.2 Å². The second-order valence-electron chi connectivity index (χ2n) is 11.8. The van der Waals surface area contributed by atoms with Crippen LogP contribution in [0.5, 0.6) is 0 Å². The van der Waals surface area contributed by atoms with Gasteiger partial charge in [0, 0.05) is 40.7 Å². The van der Waals surface area contributed by atoms with E-state index in [0.29, 0.717) is 58.9 Å². The summed E-state index contributed by atoms with van der Waals surface area (Å²) >= 11 is 12.4. The molecule has 0 radical (unpaired) electrons. The van der Waals surface area contributed by atoms with Crippen LogP contribution in [-0.4, -0.2) is 53.2 Å². The number of benzene rings is 3. The molecule has 6 nitrogen and oxygen atoms in total. The molecule has 2 fully saturated rings. The first-order valence-corrected chi connectivity index (χ1v) is 15.8. The molecule has 236 valence electrons. The Morgan fingerprint density at radius 1 is 1.02 bits per heavy atom. The average Bonchev–Trinajstić information content (AvgIpc) is 3.81. The summed E-state index contributed by atoms with van der Waals surface area (Å²) in [6.45, 7) is 2.25. The maximum Gasteiger partial charge on any atom is 0.417 e. The molecular weight excluding hydrogens is 624 g/mol. The molecule has 1 amide bonds. The monoisotopic (exact) mass is 656 g/mol. The highest BCUT2D eigenvalue weighted by molar-refractivity contribution is 6.32. The van der Waals surface area contributed by atoms with E-state index >= 15 is 0 Å². The fourth-order valence-corrected chi connectivity index (χ4v) is 6.65. The molecule has 1 saturated carbocycles. The van der Waals surface area contributed by atoms with Gasteiger partial charge in [-0.1, -0.05) is 59.6 Å². The molecular formula is C34H33Cl2F3N4O2. The molecule has 3 N–H and O–H groups in total. The van der Waals surface area contributed by atoms with Gasteiger partial charge in [-0.2, -0.15) is 13.2 Å². The van der Waals surface area contributed by atoms with Gasteiger partial charge in [0.25, 0.3) is 5.91 Å². The molecule has 2 aliphatic rings. The highest BCUT2D eigenvalue weighted by Crippen LogP contribution is 2.46. The van der Waals surface area contributed by atoms with Crippen molar-refractivity contribution in [1.29, 1.82) is 0 Å². The smallest absolute Gasteiger partial charge is 0.395 e. The van der Waals surface area contributed by atoms with Crippen molar-refractivity contribution in [2.24, 2.45) is 0 Å². The number of aliphatic hydroxyl groups excluding tert-OH is 1. The predicted octanol–water partition coefficient (Wildman–Crippen LogP) is 7.19. The van der Waals surface area contributed by atoms with Crippen LogP contribution >= 0.6 is 23.2 Å². The van der Waals surface area contributed by atoms with Crippen LogP contribution in [0.1, 0.15) is 52.7 Å². The van der Waals surface area contributed by atoms with Crippen molar-refractivity contribution < 1.29 is 23.1 Å². The lowest BCUT2D eigenvalue weighted by Crippen LogP contribution is -2.43. The molecule has 0 spiro atoms. The van der Waals surface area contributed by atoms with Gasteiger partial charge in [0.05, 0.1) is 39.5 Å². The second-order valence-corrected chi connectivity index (χ2v) is 12.6. The van der Waals surface area contributed by atoms with Gasteiger partial charge >= 0.3 is 6.18 Å². The molecule has 3 aromatic carbocycles. The third kappa shape index (κ3) is 6.83. The zero-order chi connectivity index (χ0) is 31.8. The van der Waals surface area contributed by atoms with Gasteiger partial charge in [-0.15, -0.1) is 0 Å². The number of hydrogen-bond acceptors (Lipinski definition) is 5. The number of rotatable bonds is 9. The number of amides is 1. The van der Waals surface area contributed by atoms with E-state index < -0.39 is 22.3 Å². The normalized spacial score (nSPS) is 17.0. The van der Waals surface area contributed by atoms with Crippen molar-refractivity contribution in [3.05, 3.63) is 99.0 Å². The summed E-state index contributed by atoms with van der Waals surface area (Å²) in [4.78, 5) is 21.5. The Bertz CT molecular complexity index is 1710. The Morgan fingerprint density at radius 3 is 2.42 bits per heavy atom. The van der Waals surface area contributed by atoms with Gasteiger partial charge in [-0.25, -0.2) is 4.98 Å². The zero-order valence-corrected chi connectivity index (χ0v) is 25.9. The fraction of sp³-hybridized carbons (Fsp3) is 0.353. The van der Waals surface area contributed by atoms with Gasteiger partial charge in [0.15, 0.2) is 0 Å². The van der Waals surface area contributed by atoms with Crippen molar-refractivity contribution in [2.75, 3.05) is 26.2 Å². The summed E-state index contributed by atoms with van der Waals surface area (Å²) in [6, 6.07) is 18.8. The molecule has 4 aromatic rings. The molecule has 1 aromatic heterocycles. The van der Waals surface area contributed by atoms with Crippen molar-refractivity contribution in [2.45, 2.75) is 50.0 Å². The zero-order valence-electron chi connectivity index (χ0n) is 24.4. The molecule has 1 saturated heterocycles. The van der Waals surface area contributed by atoms with Crippen LogP contribution in [-0.2, 0) is 18.3 Å². The Labute approximate surface area is 269 Å². The Morgan fingerprint density at radius 2 is 1.76 bits per heavy atom. The largest absolute Gasteiger partial charge is 0.417 e. The number of aliphatic hydroxyl groups is 1. The van der Waals surface area contributed by atoms with Gasteiger partial charge in [-0.05, 0) is 74.7 Å². The first-order valence-electron chi connectivity index (χ1n) is 15.0. The SMILES string of the molecule is O=C(NC1(c2ccccc2)CC1)c1c(CN2CCC(NCCO)CC2)c(-c2ccc(Cl)c(C(F)(F)F)c2)nc2ccc(Cl)cc12. The maximum atomic E-state index is 14.5. The van der Waals surface area contributed by atoms with Gasteiger partial charge in [0.2, 0.25) is 0 Å². The van der Waals surface area contributed by atoms with Crippen LogP contribution in [0.25, 0.3) is 22.2 Å². The number of piperidine rings is 1. The summed E-state index contributed by atoms with van der Waals surface area (Å²) in [6.07, 6.45) is -1.49. The van der Waals surface area contributed by atoms with Gasteiger partial charge in [0.1, 0.15) is 0 Å². The van der Waals surface area contributed by atoms with E-state index in [-0.39, 0.29) is 24.1 Å². The number of fused-ring (bicyclic) bond motifs is 1. The molecule has 45 heavy (non-hydrogen) atoms. The molecule has 6 rings (SSSR count). The lowest BCUT2D eigenvalue weighted by molar-refractivity contribution is -0.137. The van der Waals surface area contributed by atoms with Crippen molar-refractivity contribution in [1.82, 2.24) is 20.5 Å². The fourth-order valence-electron chi connectivity index (χ4n) is 6.25. The standard InChI is InChI=1S/C34H33Cl2F3N4O2/c35-23-7-9-29-25(19-23)30(32(45)42-33(12-13-33)22-4-2-1-3-5-22)26(20-43-15-10-24(11-16-43)40-14-17-44)31(41-29)21-6-8-28(36)27(18-21)34(37,38)39/h1-9,18-19,24,40,44H,10-17,20H2,(H,42,45). The third-order valence-electron chi connectivity index (χ3n) is 8.76. The summed E-state index contributed by atoms with van der Waals surface area (Å²) in [7, 11) is 0. The van der Waals surface area contributed by atoms with Crippen LogP contribution in [0.15, 0.2) is 66.7 Å². The van der Waals surface area contributed by atoms with Crippen molar-refractivity contribution >= 4 is 40.0 Å². The van der Waals surface area contributed by atoms with Crippen molar-refractivity contribution in [3.8, 4) is 11.3 Å². The second kappa shape index (κ2) is 12.9. The minimum Gasteiger partial charge on any atom is -0.395 e. The molecule has 1 aliphatic heterocycles. The molecule has 1 aliphatic carbocycles. The quantitative estimate of drug-likeness (QED) is 0.178. The van der Waals surface area contributed by atoms with E-state index in [2.05, 4.69) is 15.5 Å². The van der Waals surface area contributed by atoms with Crippen LogP contribution in [0, 0.1) is 0 Å². The van der Waals surface area contributed by atoms with E-state index in [1.807, 2.05) is 30.3 Å².